The molecule has 0 aliphatic carbocycles. The number of aromatic nitrogens is 2. The number of nitrogens with zero attached hydrogens (tertiary/aromatic N) is 4. The van der Waals surface area contributed by atoms with Crippen LogP contribution in [0, 0.1) is 5.41 Å². The molecule has 2 aliphatic rings. The number of amides is 1. The molecule has 1 aromatic carbocycles. The second-order valence-corrected chi connectivity index (χ2v) is 7.77. The topological polar surface area (TPSA) is 58.6 Å². The fourth-order valence-electron chi connectivity index (χ4n) is 4.56. The number of anilines is 1. The minimum Gasteiger partial charge on any atom is -0.481 e. The van der Waals surface area contributed by atoms with Gasteiger partial charge in [0.2, 0.25) is 11.8 Å². The number of ether oxygens (including phenoxy) is 1. The molecule has 142 valence electrons. The Hall–Kier alpha value is -2.63. The minimum absolute atomic E-state index is 0.0318. The lowest BCUT2D eigenvalue weighted by molar-refractivity contribution is -0.138. The number of benzene rings is 1. The molecule has 27 heavy (non-hydrogen) atoms. The van der Waals surface area contributed by atoms with Crippen molar-refractivity contribution in [2.45, 2.75) is 25.2 Å². The Kier molecular flexibility index (Phi) is 4.72. The van der Waals surface area contributed by atoms with Crippen molar-refractivity contribution < 1.29 is 9.53 Å². The highest BCUT2D eigenvalue weighted by molar-refractivity contribution is 5.84. The standard InChI is InChI=1S/C21H26N4O2/c1-24-14-21(13-17(20(24)26)16-6-4-3-5-7-16)8-10-25(11-9-21)18-12-19(27-2)23-15-22-18/h3-7,12,15,17H,8-11,13-14H2,1-2H3/t17-/m0/s1. The molecule has 2 aromatic rings. The first kappa shape index (κ1) is 17.8. The average Bonchev–Trinajstić information content (AvgIpc) is 2.72. The van der Waals surface area contributed by atoms with Crippen LogP contribution in [-0.4, -0.2) is 54.6 Å². The molecule has 0 unspecified atom stereocenters. The molecule has 2 aliphatic heterocycles. The monoisotopic (exact) mass is 366 g/mol. The molecule has 1 atom stereocenters. The summed E-state index contributed by atoms with van der Waals surface area (Å²) in [5, 5.41) is 0. The summed E-state index contributed by atoms with van der Waals surface area (Å²) in [6.07, 6.45) is 4.60. The molecule has 1 aromatic heterocycles. The molecule has 1 amide bonds. The van der Waals surface area contributed by atoms with Crippen molar-refractivity contribution in [3.8, 4) is 5.88 Å². The molecule has 6 heteroatoms. The van der Waals surface area contributed by atoms with E-state index in [9.17, 15) is 4.79 Å². The summed E-state index contributed by atoms with van der Waals surface area (Å²) in [6.45, 7) is 2.71. The third-order valence-corrected chi connectivity index (χ3v) is 6.07. The van der Waals surface area contributed by atoms with E-state index in [-0.39, 0.29) is 17.2 Å². The van der Waals surface area contributed by atoms with Crippen LogP contribution in [0.25, 0.3) is 0 Å². The van der Waals surface area contributed by atoms with E-state index in [4.69, 9.17) is 4.74 Å². The lowest BCUT2D eigenvalue weighted by Gasteiger charge is -2.49. The Morgan fingerprint density at radius 3 is 2.59 bits per heavy atom. The van der Waals surface area contributed by atoms with Gasteiger partial charge in [0.05, 0.1) is 13.0 Å². The normalized spacial score (nSPS) is 22.1. The average molecular weight is 366 g/mol. The van der Waals surface area contributed by atoms with E-state index in [2.05, 4.69) is 27.0 Å². The van der Waals surface area contributed by atoms with Gasteiger partial charge in [-0.15, -0.1) is 0 Å². The van der Waals surface area contributed by atoms with Crippen molar-refractivity contribution in [1.29, 1.82) is 0 Å². The molecule has 6 nitrogen and oxygen atoms in total. The summed E-state index contributed by atoms with van der Waals surface area (Å²) < 4.78 is 5.22. The van der Waals surface area contributed by atoms with Crippen molar-refractivity contribution in [3.63, 3.8) is 0 Å². The maximum Gasteiger partial charge on any atom is 0.229 e. The Morgan fingerprint density at radius 1 is 1.15 bits per heavy atom. The van der Waals surface area contributed by atoms with Crippen LogP contribution in [0.2, 0.25) is 0 Å². The van der Waals surface area contributed by atoms with Crippen molar-refractivity contribution in [2.75, 3.05) is 38.7 Å². The SMILES string of the molecule is COc1cc(N2CCC3(CC2)C[C@@H](c2ccccc2)C(=O)N(C)C3)ncn1. The zero-order valence-corrected chi connectivity index (χ0v) is 16.0. The molecule has 2 fully saturated rings. The fourth-order valence-corrected chi connectivity index (χ4v) is 4.56. The molecular formula is C21H26N4O2. The van der Waals surface area contributed by atoms with Gasteiger partial charge in [0, 0.05) is 32.7 Å². The van der Waals surface area contributed by atoms with Crippen LogP contribution in [0.5, 0.6) is 5.88 Å². The highest BCUT2D eigenvalue weighted by Gasteiger charge is 2.45. The molecular weight excluding hydrogens is 340 g/mol. The molecule has 0 saturated carbocycles. The fraction of sp³-hybridized carbons (Fsp3) is 0.476. The van der Waals surface area contributed by atoms with Crippen molar-refractivity contribution in [1.82, 2.24) is 14.9 Å². The predicted octanol–water partition coefficient (Wildman–Crippen LogP) is 2.72. The van der Waals surface area contributed by atoms with Crippen LogP contribution in [-0.2, 0) is 4.79 Å². The van der Waals surface area contributed by atoms with Gasteiger partial charge < -0.3 is 14.5 Å². The van der Waals surface area contributed by atoms with Gasteiger partial charge in [-0.25, -0.2) is 9.97 Å². The zero-order chi connectivity index (χ0) is 18.9. The lowest BCUT2D eigenvalue weighted by atomic mass is 9.68. The van der Waals surface area contributed by atoms with Crippen molar-refractivity contribution in [3.05, 3.63) is 48.3 Å². The first-order valence-corrected chi connectivity index (χ1v) is 9.51. The smallest absolute Gasteiger partial charge is 0.229 e. The largest absolute Gasteiger partial charge is 0.481 e. The van der Waals surface area contributed by atoms with Gasteiger partial charge in [-0.05, 0) is 30.2 Å². The Bertz CT molecular complexity index is 803. The van der Waals surface area contributed by atoms with Gasteiger partial charge in [-0.1, -0.05) is 30.3 Å². The van der Waals surface area contributed by atoms with Gasteiger partial charge in [-0.2, -0.15) is 0 Å². The van der Waals surface area contributed by atoms with Crippen LogP contribution in [0.4, 0.5) is 5.82 Å². The first-order chi connectivity index (χ1) is 13.1. The Morgan fingerprint density at radius 2 is 1.89 bits per heavy atom. The summed E-state index contributed by atoms with van der Waals surface area (Å²) in [5.41, 5.74) is 1.31. The van der Waals surface area contributed by atoms with Crippen LogP contribution >= 0.6 is 0 Å². The van der Waals surface area contributed by atoms with E-state index >= 15 is 0 Å². The van der Waals surface area contributed by atoms with Crippen molar-refractivity contribution >= 4 is 11.7 Å². The summed E-state index contributed by atoms with van der Waals surface area (Å²) in [4.78, 5) is 25.5. The Labute approximate surface area is 160 Å². The number of piperidine rings is 2. The van der Waals surface area contributed by atoms with E-state index in [1.165, 1.54) is 0 Å². The molecule has 4 rings (SSSR count). The van der Waals surface area contributed by atoms with Crippen LogP contribution in [0.15, 0.2) is 42.7 Å². The third kappa shape index (κ3) is 3.48. The number of rotatable bonds is 3. The molecule has 1 spiro atoms. The second kappa shape index (κ2) is 7.18. The quantitative estimate of drug-likeness (QED) is 0.836. The van der Waals surface area contributed by atoms with E-state index < -0.39 is 0 Å². The summed E-state index contributed by atoms with van der Waals surface area (Å²) >= 11 is 0. The lowest BCUT2D eigenvalue weighted by Crippen LogP contribution is -2.52. The number of methoxy groups -OCH3 is 1. The number of hydrogen-bond donors (Lipinski definition) is 0. The summed E-state index contributed by atoms with van der Waals surface area (Å²) in [6, 6.07) is 12.1. The molecule has 0 radical (unpaired) electrons. The van der Waals surface area contributed by atoms with E-state index in [0.717, 1.165) is 50.3 Å². The first-order valence-electron chi connectivity index (χ1n) is 9.51. The minimum atomic E-state index is -0.0318. The maximum atomic E-state index is 12.8. The van der Waals surface area contributed by atoms with Crippen molar-refractivity contribution in [2.24, 2.45) is 5.41 Å². The van der Waals surface area contributed by atoms with Crippen LogP contribution in [0.3, 0.4) is 0 Å². The van der Waals surface area contributed by atoms with E-state index in [1.807, 2.05) is 36.2 Å². The van der Waals surface area contributed by atoms with Crippen LogP contribution in [0.1, 0.15) is 30.7 Å². The number of likely N-dealkylation sites (N-methyl/N-ethyl adjacent to an activating group) is 1. The number of carbonyl (C=O) groups excluding carboxylic acids is 1. The van der Waals surface area contributed by atoms with Gasteiger partial charge in [0.15, 0.2) is 0 Å². The molecule has 2 saturated heterocycles. The molecule has 0 bridgehead atoms. The summed E-state index contributed by atoms with van der Waals surface area (Å²) in [5.74, 6) is 1.72. The summed E-state index contributed by atoms with van der Waals surface area (Å²) in [7, 11) is 3.57. The molecule has 3 heterocycles. The Balaban J connectivity index is 1.50. The third-order valence-electron chi connectivity index (χ3n) is 6.07. The number of likely N-dealkylation sites (tertiary alicyclic amines) is 1. The van der Waals surface area contributed by atoms with E-state index in [1.54, 1.807) is 13.4 Å². The van der Waals surface area contributed by atoms with Gasteiger partial charge in [0.25, 0.3) is 0 Å². The maximum absolute atomic E-state index is 12.8. The molecule has 0 N–H and O–H groups in total. The van der Waals surface area contributed by atoms with E-state index in [0.29, 0.717) is 5.88 Å². The van der Waals surface area contributed by atoms with Gasteiger partial charge in [0.1, 0.15) is 12.1 Å². The number of hydrogen-bond acceptors (Lipinski definition) is 5. The predicted molar refractivity (Wildman–Crippen MR) is 104 cm³/mol. The van der Waals surface area contributed by atoms with Crippen LogP contribution < -0.4 is 9.64 Å². The second-order valence-electron chi connectivity index (χ2n) is 7.77. The van der Waals surface area contributed by atoms with Gasteiger partial charge >= 0.3 is 0 Å². The van der Waals surface area contributed by atoms with Gasteiger partial charge in [-0.3, -0.25) is 4.79 Å². The highest BCUT2D eigenvalue weighted by Crippen LogP contribution is 2.45. The highest BCUT2D eigenvalue weighted by atomic mass is 16.5. The zero-order valence-electron chi connectivity index (χ0n) is 16.0. The number of carbonyl (C=O) groups is 1.